The normalized spacial score (nSPS) is 55.8. The summed E-state index contributed by atoms with van der Waals surface area (Å²) in [6, 6.07) is 0.603. The Labute approximate surface area is 60.0 Å². The van der Waals surface area contributed by atoms with Crippen LogP contribution in [-0.2, 0) is 4.79 Å². The minimum absolute atomic E-state index is 0.331. The van der Waals surface area contributed by atoms with Crippen molar-refractivity contribution >= 4 is 5.91 Å². The minimum Gasteiger partial charge on any atom is -0.352 e. The fourth-order valence-corrected chi connectivity index (χ4v) is 3.04. The highest BCUT2D eigenvalue weighted by Gasteiger charge is 2.57. The zero-order valence-electron chi connectivity index (χ0n) is 5.84. The number of carbonyl (C=O) groups excluding carboxylic acids is 1. The number of fused-ring (bicyclic) bond motifs is 5. The van der Waals surface area contributed by atoms with E-state index in [9.17, 15) is 4.79 Å². The summed E-state index contributed by atoms with van der Waals surface area (Å²) in [5.74, 6) is 2.40. The van der Waals surface area contributed by atoms with Crippen molar-refractivity contribution in [1.82, 2.24) is 5.32 Å². The standard InChI is InChI=1S/C8H11NO/c10-8-6-4-1-2-5(3-4)7(6)9-8/h4-7H,1-3H2,(H,9,10)/t4-,5-,6+,7-/m0/s1. The van der Waals surface area contributed by atoms with E-state index in [0.717, 1.165) is 11.8 Å². The smallest absolute Gasteiger partial charge is 0.225 e. The lowest BCUT2D eigenvalue weighted by atomic mass is 9.78. The summed E-state index contributed by atoms with van der Waals surface area (Å²) >= 11 is 0. The Kier molecular flexibility index (Phi) is 0.715. The van der Waals surface area contributed by atoms with Crippen LogP contribution in [0.3, 0.4) is 0 Å². The van der Waals surface area contributed by atoms with Crippen LogP contribution in [0.4, 0.5) is 0 Å². The molecular weight excluding hydrogens is 126 g/mol. The summed E-state index contributed by atoms with van der Waals surface area (Å²) in [5, 5.41) is 3.00. The average Bonchev–Trinajstić information content (AvgIpc) is 2.40. The van der Waals surface area contributed by atoms with E-state index in [-0.39, 0.29) is 0 Å². The molecule has 54 valence electrons. The molecular formula is C8H11NO. The predicted octanol–water partition coefficient (Wildman–Crippen LogP) is 0.531. The summed E-state index contributed by atoms with van der Waals surface area (Å²) < 4.78 is 0. The van der Waals surface area contributed by atoms with Crippen LogP contribution < -0.4 is 5.32 Å². The van der Waals surface area contributed by atoms with Crippen molar-refractivity contribution in [1.29, 1.82) is 0 Å². The number of hydrogen-bond donors (Lipinski definition) is 1. The van der Waals surface area contributed by atoms with Crippen molar-refractivity contribution in [2.24, 2.45) is 17.8 Å². The van der Waals surface area contributed by atoms with Crippen LogP contribution in [0.1, 0.15) is 19.3 Å². The lowest BCUT2D eigenvalue weighted by Gasteiger charge is -2.39. The van der Waals surface area contributed by atoms with Gasteiger partial charge in [-0.3, -0.25) is 4.79 Å². The van der Waals surface area contributed by atoms with E-state index in [1.165, 1.54) is 19.3 Å². The van der Waals surface area contributed by atoms with Crippen molar-refractivity contribution < 1.29 is 4.79 Å². The maximum Gasteiger partial charge on any atom is 0.225 e. The van der Waals surface area contributed by atoms with Gasteiger partial charge in [0, 0.05) is 6.04 Å². The monoisotopic (exact) mass is 137 g/mol. The fraction of sp³-hybridized carbons (Fsp3) is 0.875. The van der Waals surface area contributed by atoms with Gasteiger partial charge in [-0.1, -0.05) is 0 Å². The molecule has 2 aliphatic carbocycles. The van der Waals surface area contributed by atoms with Crippen LogP contribution in [0, 0.1) is 17.8 Å². The van der Waals surface area contributed by atoms with Gasteiger partial charge in [0.15, 0.2) is 0 Å². The van der Waals surface area contributed by atoms with Gasteiger partial charge < -0.3 is 5.32 Å². The molecule has 10 heavy (non-hydrogen) atoms. The molecule has 0 radical (unpaired) electrons. The van der Waals surface area contributed by atoms with Crippen LogP contribution in [0.25, 0.3) is 0 Å². The Morgan fingerprint density at radius 3 is 2.70 bits per heavy atom. The maximum atomic E-state index is 11.0. The first-order valence-electron chi connectivity index (χ1n) is 4.16. The highest BCUT2D eigenvalue weighted by atomic mass is 16.2. The molecule has 1 heterocycles. The van der Waals surface area contributed by atoms with Crippen molar-refractivity contribution in [2.75, 3.05) is 0 Å². The molecule has 4 atom stereocenters. The Hall–Kier alpha value is -0.530. The Bertz CT molecular complexity index is 199. The van der Waals surface area contributed by atoms with Gasteiger partial charge in [0.25, 0.3) is 0 Å². The molecule has 2 nitrogen and oxygen atoms in total. The topological polar surface area (TPSA) is 29.1 Å². The first-order valence-corrected chi connectivity index (χ1v) is 4.16. The second kappa shape index (κ2) is 1.39. The SMILES string of the molecule is O=C1N[C@H]2[C@H]3CC[C@@H](C3)[C@@H]12. The third-order valence-corrected chi connectivity index (χ3v) is 3.53. The van der Waals surface area contributed by atoms with Crippen molar-refractivity contribution in [3.63, 3.8) is 0 Å². The van der Waals surface area contributed by atoms with Gasteiger partial charge in [0.05, 0.1) is 5.92 Å². The average molecular weight is 137 g/mol. The van der Waals surface area contributed by atoms with E-state index in [1.807, 2.05) is 0 Å². The number of carbonyl (C=O) groups is 1. The second-order valence-electron chi connectivity index (χ2n) is 3.89. The van der Waals surface area contributed by atoms with Crippen LogP contribution in [0.5, 0.6) is 0 Å². The molecule has 0 aromatic rings. The molecule has 1 amide bonds. The van der Waals surface area contributed by atoms with Crippen LogP contribution in [0.2, 0.25) is 0 Å². The van der Waals surface area contributed by atoms with Crippen molar-refractivity contribution in [2.45, 2.75) is 25.3 Å². The van der Waals surface area contributed by atoms with Gasteiger partial charge in [-0.15, -0.1) is 0 Å². The molecule has 2 saturated carbocycles. The minimum atomic E-state index is 0.331. The number of nitrogens with one attached hydrogen (secondary N) is 1. The first-order chi connectivity index (χ1) is 4.86. The third-order valence-electron chi connectivity index (χ3n) is 3.53. The third kappa shape index (κ3) is 0.386. The van der Waals surface area contributed by atoms with Gasteiger partial charge in [0.2, 0.25) is 5.91 Å². The number of amides is 1. The Balaban J connectivity index is 1.95. The first kappa shape index (κ1) is 5.16. The number of β-lactam (4-membered cyclic amide) rings is 1. The molecule has 3 aliphatic rings. The van der Waals surface area contributed by atoms with E-state index < -0.39 is 0 Å². The van der Waals surface area contributed by atoms with Gasteiger partial charge in [0.1, 0.15) is 0 Å². The van der Waals surface area contributed by atoms with Gasteiger partial charge in [-0.2, -0.15) is 0 Å². The lowest BCUT2D eigenvalue weighted by molar-refractivity contribution is -0.137. The second-order valence-corrected chi connectivity index (χ2v) is 3.89. The molecule has 2 heteroatoms. The molecule has 3 fully saturated rings. The molecule has 0 aromatic heterocycles. The van der Waals surface area contributed by atoms with E-state index in [2.05, 4.69) is 5.32 Å². The van der Waals surface area contributed by atoms with Crippen LogP contribution >= 0.6 is 0 Å². The molecule has 1 aliphatic heterocycles. The quantitative estimate of drug-likeness (QED) is 0.485. The largest absolute Gasteiger partial charge is 0.352 e. The molecule has 1 saturated heterocycles. The summed E-state index contributed by atoms with van der Waals surface area (Å²) in [7, 11) is 0. The highest BCUT2D eigenvalue weighted by Crippen LogP contribution is 2.51. The van der Waals surface area contributed by atoms with E-state index in [1.54, 1.807) is 0 Å². The van der Waals surface area contributed by atoms with E-state index in [0.29, 0.717) is 17.9 Å². The maximum absolute atomic E-state index is 11.0. The summed E-state index contributed by atoms with van der Waals surface area (Å²) in [6.45, 7) is 0. The van der Waals surface area contributed by atoms with Gasteiger partial charge in [-0.25, -0.2) is 0 Å². The van der Waals surface area contributed by atoms with E-state index >= 15 is 0 Å². The van der Waals surface area contributed by atoms with Crippen LogP contribution in [0.15, 0.2) is 0 Å². The Morgan fingerprint density at radius 2 is 2.10 bits per heavy atom. The number of rotatable bonds is 0. The zero-order chi connectivity index (χ0) is 6.72. The zero-order valence-corrected chi connectivity index (χ0v) is 5.84. The van der Waals surface area contributed by atoms with Crippen molar-refractivity contribution in [3.8, 4) is 0 Å². The Morgan fingerprint density at radius 1 is 1.30 bits per heavy atom. The molecule has 0 unspecified atom stereocenters. The predicted molar refractivity (Wildman–Crippen MR) is 36.3 cm³/mol. The van der Waals surface area contributed by atoms with Crippen LogP contribution in [-0.4, -0.2) is 11.9 Å². The highest BCUT2D eigenvalue weighted by molar-refractivity contribution is 5.87. The molecule has 2 bridgehead atoms. The fourth-order valence-electron chi connectivity index (χ4n) is 3.04. The molecule has 0 aromatic carbocycles. The molecule has 1 N–H and O–H groups in total. The number of hydrogen-bond acceptors (Lipinski definition) is 1. The molecule has 3 rings (SSSR count). The summed E-state index contributed by atoms with van der Waals surface area (Å²) in [6.07, 6.45) is 4.01. The van der Waals surface area contributed by atoms with Gasteiger partial charge >= 0.3 is 0 Å². The summed E-state index contributed by atoms with van der Waals surface area (Å²) in [5.41, 5.74) is 0. The van der Waals surface area contributed by atoms with E-state index in [4.69, 9.17) is 0 Å². The summed E-state index contributed by atoms with van der Waals surface area (Å²) in [4.78, 5) is 11.0. The molecule has 0 spiro atoms. The van der Waals surface area contributed by atoms with Gasteiger partial charge in [-0.05, 0) is 31.1 Å². The lowest BCUT2D eigenvalue weighted by Crippen LogP contribution is -2.60. The van der Waals surface area contributed by atoms with Crippen molar-refractivity contribution in [3.05, 3.63) is 0 Å².